The highest BCUT2D eigenvalue weighted by Gasteiger charge is 2.12. The molecule has 0 aliphatic heterocycles. The van der Waals surface area contributed by atoms with Gasteiger partial charge < -0.3 is 15.2 Å². The zero-order chi connectivity index (χ0) is 12.7. The van der Waals surface area contributed by atoms with Crippen molar-refractivity contribution < 1.29 is 14.6 Å². The van der Waals surface area contributed by atoms with E-state index in [0.29, 0.717) is 31.0 Å². The Hall–Kier alpha value is -1.62. The van der Waals surface area contributed by atoms with E-state index in [1.165, 1.54) is 0 Å². The quantitative estimate of drug-likeness (QED) is 0.775. The van der Waals surface area contributed by atoms with Gasteiger partial charge in [0.05, 0.1) is 12.7 Å². The minimum absolute atomic E-state index is 0.234. The van der Waals surface area contributed by atoms with Crippen molar-refractivity contribution in [2.45, 2.75) is 26.4 Å². The Morgan fingerprint density at radius 1 is 1.65 bits per heavy atom. The number of amides is 1. The van der Waals surface area contributed by atoms with Crippen LogP contribution in [-0.4, -0.2) is 35.3 Å². The summed E-state index contributed by atoms with van der Waals surface area (Å²) in [7, 11) is 0. The zero-order valence-corrected chi connectivity index (χ0v) is 10.1. The Labute approximate surface area is 101 Å². The predicted molar refractivity (Wildman–Crippen MR) is 64.0 cm³/mol. The van der Waals surface area contributed by atoms with Crippen LogP contribution in [0.1, 0.15) is 30.6 Å². The largest absolute Gasteiger partial charge is 0.477 e. The highest BCUT2D eigenvalue weighted by atomic mass is 16.5. The number of ether oxygens (including phenoxy) is 1. The van der Waals surface area contributed by atoms with Crippen molar-refractivity contribution in [2.75, 3.05) is 13.2 Å². The number of rotatable bonds is 6. The molecule has 0 aliphatic rings. The molecule has 5 heteroatoms. The first-order valence-corrected chi connectivity index (χ1v) is 5.69. The molecular formula is C12H18N2O3. The van der Waals surface area contributed by atoms with E-state index in [-0.39, 0.29) is 5.91 Å². The van der Waals surface area contributed by atoms with Gasteiger partial charge in [-0.2, -0.15) is 0 Å². The third kappa shape index (κ3) is 4.40. The van der Waals surface area contributed by atoms with Gasteiger partial charge in [-0.1, -0.05) is 0 Å². The van der Waals surface area contributed by atoms with E-state index < -0.39 is 6.10 Å². The van der Waals surface area contributed by atoms with Crippen LogP contribution in [0.5, 0.6) is 5.88 Å². The maximum atomic E-state index is 11.8. The Balaban J connectivity index is 2.61. The number of carbonyl (C=O) groups is 1. The Bertz CT molecular complexity index is 367. The summed E-state index contributed by atoms with van der Waals surface area (Å²) in [5.41, 5.74) is 0.417. The second-order valence-corrected chi connectivity index (χ2v) is 3.68. The van der Waals surface area contributed by atoms with E-state index in [1.807, 2.05) is 6.92 Å². The van der Waals surface area contributed by atoms with Crippen molar-refractivity contribution in [3.63, 3.8) is 0 Å². The third-order valence-corrected chi connectivity index (χ3v) is 2.14. The standard InChI is InChI=1S/C12H18N2O3/c1-3-17-12-10(5-4-7-14-12)11(16)13-8-6-9(2)15/h4-5,7,9,15H,3,6,8H2,1-2H3,(H,13,16). The van der Waals surface area contributed by atoms with E-state index >= 15 is 0 Å². The van der Waals surface area contributed by atoms with Gasteiger partial charge in [-0.25, -0.2) is 4.98 Å². The number of aliphatic hydroxyl groups is 1. The summed E-state index contributed by atoms with van der Waals surface area (Å²) in [4.78, 5) is 15.8. The fraction of sp³-hybridized carbons (Fsp3) is 0.500. The minimum Gasteiger partial charge on any atom is -0.477 e. The van der Waals surface area contributed by atoms with Crippen molar-refractivity contribution >= 4 is 5.91 Å². The molecule has 0 bridgehead atoms. The van der Waals surface area contributed by atoms with Gasteiger partial charge >= 0.3 is 0 Å². The summed E-state index contributed by atoms with van der Waals surface area (Å²) < 4.78 is 5.26. The molecule has 17 heavy (non-hydrogen) atoms. The summed E-state index contributed by atoms with van der Waals surface area (Å²) in [6.45, 7) is 4.41. The fourth-order valence-corrected chi connectivity index (χ4v) is 1.31. The summed E-state index contributed by atoms with van der Waals surface area (Å²) in [5.74, 6) is 0.103. The lowest BCUT2D eigenvalue weighted by Gasteiger charge is -2.09. The lowest BCUT2D eigenvalue weighted by atomic mass is 10.2. The fourth-order valence-electron chi connectivity index (χ4n) is 1.31. The maximum Gasteiger partial charge on any atom is 0.256 e. The van der Waals surface area contributed by atoms with Gasteiger partial charge in [0.25, 0.3) is 5.91 Å². The monoisotopic (exact) mass is 238 g/mol. The summed E-state index contributed by atoms with van der Waals surface area (Å²) in [5, 5.41) is 11.8. The molecule has 1 aromatic rings. The normalized spacial score (nSPS) is 11.9. The Morgan fingerprint density at radius 3 is 3.06 bits per heavy atom. The second-order valence-electron chi connectivity index (χ2n) is 3.68. The van der Waals surface area contributed by atoms with Crippen LogP contribution in [0.25, 0.3) is 0 Å². The highest BCUT2D eigenvalue weighted by molar-refractivity contribution is 5.96. The van der Waals surface area contributed by atoms with Gasteiger partial charge in [0.2, 0.25) is 5.88 Å². The summed E-state index contributed by atoms with van der Waals surface area (Å²) in [6.07, 6.45) is 1.68. The van der Waals surface area contributed by atoms with E-state index in [1.54, 1.807) is 25.3 Å². The number of aromatic nitrogens is 1. The van der Waals surface area contributed by atoms with Gasteiger partial charge in [-0.3, -0.25) is 4.79 Å². The van der Waals surface area contributed by atoms with Gasteiger partial charge in [-0.15, -0.1) is 0 Å². The first kappa shape index (κ1) is 13.4. The first-order valence-electron chi connectivity index (χ1n) is 5.69. The second kappa shape index (κ2) is 6.85. The molecule has 1 rings (SSSR count). The molecule has 1 heterocycles. The van der Waals surface area contributed by atoms with E-state index in [2.05, 4.69) is 10.3 Å². The molecule has 0 radical (unpaired) electrons. The topological polar surface area (TPSA) is 71.5 Å². The molecule has 2 N–H and O–H groups in total. The maximum absolute atomic E-state index is 11.8. The van der Waals surface area contributed by atoms with Crippen molar-refractivity contribution in [1.82, 2.24) is 10.3 Å². The van der Waals surface area contributed by atoms with E-state index in [0.717, 1.165) is 0 Å². The molecule has 1 aromatic heterocycles. The number of nitrogens with one attached hydrogen (secondary N) is 1. The lowest BCUT2D eigenvalue weighted by molar-refractivity contribution is 0.0941. The average molecular weight is 238 g/mol. The Kier molecular flexibility index (Phi) is 5.42. The number of carbonyl (C=O) groups excluding carboxylic acids is 1. The van der Waals surface area contributed by atoms with Crippen LogP contribution in [0.3, 0.4) is 0 Å². The van der Waals surface area contributed by atoms with Crippen LogP contribution in [-0.2, 0) is 0 Å². The molecule has 0 aromatic carbocycles. The third-order valence-electron chi connectivity index (χ3n) is 2.14. The van der Waals surface area contributed by atoms with Crippen molar-refractivity contribution in [2.24, 2.45) is 0 Å². The molecule has 0 saturated heterocycles. The number of hydrogen-bond donors (Lipinski definition) is 2. The summed E-state index contributed by atoms with van der Waals surface area (Å²) >= 11 is 0. The molecule has 1 unspecified atom stereocenters. The lowest BCUT2D eigenvalue weighted by Crippen LogP contribution is -2.27. The Morgan fingerprint density at radius 2 is 2.41 bits per heavy atom. The average Bonchev–Trinajstić information content (AvgIpc) is 2.29. The molecule has 0 aliphatic carbocycles. The highest BCUT2D eigenvalue weighted by Crippen LogP contribution is 2.13. The van der Waals surface area contributed by atoms with Crippen LogP contribution in [0.2, 0.25) is 0 Å². The van der Waals surface area contributed by atoms with Crippen LogP contribution in [0, 0.1) is 0 Å². The number of nitrogens with zero attached hydrogens (tertiary/aromatic N) is 1. The van der Waals surface area contributed by atoms with E-state index in [4.69, 9.17) is 9.84 Å². The van der Waals surface area contributed by atoms with Crippen molar-refractivity contribution in [3.8, 4) is 5.88 Å². The molecule has 1 atom stereocenters. The van der Waals surface area contributed by atoms with E-state index in [9.17, 15) is 4.79 Å². The van der Waals surface area contributed by atoms with Crippen LogP contribution >= 0.6 is 0 Å². The predicted octanol–water partition coefficient (Wildman–Crippen LogP) is 0.981. The van der Waals surface area contributed by atoms with Crippen LogP contribution in [0.4, 0.5) is 0 Å². The van der Waals surface area contributed by atoms with Crippen LogP contribution in [0.15, 0.2) is 18.3 Å². The molecule has 5 nitrogen and oxygen atoms in total. The minimum atomic E-state index is -0.421. The number of pyridine rings is 1. The zero-order valence-electron chi connectivity index (χ0n) is 10.1. The van der Waals surface area contributed by atoms with Gasteiger partial charge in [-0.05, 0) is 32.4 Å². The first-order chi connectivity index (χ1) is 8.15. The molecular weight excluding hydrogens is 220 g/mol. The van der Waals surface area contributed by atoms with Gasteiger partial charge in [0.15, 0.2) is 0 Å². The van der Waals surface area contributed by atoms with Gasteiger partial charge in [0, 0.05) is 12.7 Å². The molecule has 94 valence electrons. The smallest absolute Gasteiger partial charge is 0.256 e. The molecule has 0 fully saturated rings. The van der Waals surface area contributed by atoms with Gasteiger partial charge in [0.1, 0.15) is 5.56 Å². The van der Waals surface area contributed by atoms with Crippen molar-refractivity contribution in [3.05, 3.63) is 23.9 Å². The van der Waals surface area contributed by atoms with Crippen LogP contribution < -0.4 is 10.1 Å². The van der Waals surface area contributed by atoms with Crippen molar-refractivity contribution in [1.29, 1.82) is 0 Å². The SMILES string of the molecule is CCOc1ncccc1C(=O)NCCC(C)O. The molecule has 1 amide bonds. The number of aliphatic hydroxyl groups excluding tert-OH is 1. The summed E-state index contributed by atoms with van der Waals surface area (Å²) in [6, 6.07) is 3.35. The number of hydrogen-bond acceptors (Lipinski definition) is 4. The molecule has 0 spiro atoms. The molecule has 0 saturated carbocycles.